The highest BCUT2D eigenvalue weighted by Crippen LogP contribution is 2.26. The summed E-state index contributed by atoms with van der Waals surface area (Å²) in [5.74, 6) is 0.168. The minimum Gasteiger partial charge on any atom is -0.391 e. The number of carbonyl (C=O) groups is 1. The zero-order chi connectivity index (χ0) is 12.2. The van der Waals surface area contributed by atoms with Gasteiger partial charge >= 0.3 is 0 Å². The van der Waals surface area contributed by atoms with Crippen LogP contribution in [0.15, 0.2) is 0 Å². The molecule has 0 bridgehead atoms. The summed E-state index contributed by atoms with van der Waals surface area (Å²) in [7, 11) is 0. The van der Waals surface area contributed by atoms with Crippen LogP contribution in [0.1, 0.15) is 39.5 Å². The molecule has 0 unspecified atom stereocenters. The fourth-order valence-electron chi connectivity index (χ4n) is 2.09. The number of aliphatic hydroxyl groups excluding tert-OH is 1. The average molecular weight is 228 g/mol. The standard InChI is InChI=1S/C12H24N2O2/c1-12(2,6-7-13)5-3-11(16)14-8-4-10(15)9-14/h10,15H,3-9,13H2,1-2H3/t10-/m0/s1. The lowest BCUT2D eigenvalue weighted by Crippen LogP contribution is -2.30. The van der Waals surface area contributed by atoms with E-state index in [-0.39, 0.29) is 17.4 Å². The third-order valence-corrected chi connectivity index (χ3v) is 3.35. The third kappa shape index (κ3) is 4.10. The fraction of sp³-hybridized carbons (Fsp3) is 0.917. The van der Waals surface area contributed by atoms with Crippen LogP contribution < -0.4 is 5.73 Å². The van der Waals surface area contributed by atoms with E-state index in [1.54, 1.807) is 4.90 Å². The van der Waals surface area contributed by atoms with E-state index >= 15 is 0 Å². The summed E-state index contributed by atoms with van der Waals surface area (Å²) in [6.45, 7) is 6.18. The van der Waals surface area contributed by atoms with Crippen molar-refractivity contribution in [3.05, 3.63) is 0 Å². The highest BCUT2D eigenvalue weighted by atomic mass is 16.3. The first-order valence-corrected chi connectivity index (χ1v) is 6.10. The molecular weight excluding hydrogens is 204 g/mol. The van der Waals surface area contributed by atoms with Gasteiger partial charge in [0.05, 0.1) is 6.10 Å². The Morgan fingerprint density at radius 1 is 1.50 bits per heavy atom. The number of aliphatic hydroxyl groups is 1. The van der Waals surface area contributed by atoms with Crippen molar-refractivity contribution in [2.75, 3.05) is 19.6 Å². The van der Waals surface area contributed by atoms with E-state index in [0.717, 1.165) is 19.3 Å². The number of likely N-dealkylation sites (tertiary alicyclic amines) is 1. The highest BCUT2D eigenvalue weighted by molar-refractivity contribution is 5.76. The molecule has 1 aliphatic rings. The molecule has 1 heterocycles. The Hall–Kier alpha value is -0.610. The first-order chi connectivity index (χ1) is 7.44. The van der Waals surface area contributed by atoms with Crippen molar-refractivity contribution in [3.63, 3.8) is 0 Å². The molecule has 4 heteroatoms. The molecule has 4 nitrogen and oxygen atoms in total. The largest absolute Gasteiger partial charge is 0.391 e. The predicted octanol–water partition coefficient (Wildman–Crippen LogP) is 0.735. The number of rotatable bonds is 5. The molecule has 1 atom stereocenters. The molecule has 0 saturated carbocycles. The summed E-state index contributed by atoms with van der Waals surface area (Å²) in [5.41, 5.74) is 5.67. The second-order valence-corrected chi connectivity index (χ2v) is 5.49. The summed E-state index contributed by atoms with van der Waals surface area (Å²) in [5, 5.41) is 9.35. The second kappa shape index (κ2) is 5.64. The lowest BCUT2D eigenvalue weighted by atomic mass is 9.84. The van der Waals surface area contributed by atoms with E-state index in [1.165, 1.54) is 0 Å². The van der Waals surface area contributed by atoms with Gasteiger partial charge in [0.15, 0.2) is 0 Å². The van der Waals surface area contributed by atoms with Gasteiger partial charge in [-0.1, -0.05) is 13.8 Å². The van der Waals surface area contributed by atoms with Gasteiger partial charge in [-0.2, -0.15) is 0 Å². The number of amides is 1. The minimum absolute atomic E-state index is 0.142. The molecular formula is C12H24N2O2. The maximum absolute atomic E-state index is 11.8. The van der Waals surface area contributed by atoms with Crippen molar-refractivity contribution in [1.82, 2.24) is 4.90 Å². The third-order valence-electron chi connectivity index (χ3n) is 3.35. The van der Waals surface area contributed by atoms with Crippen LogP contribution in [0.4, 0.5) is 0 Å². The zero-order valence-electron chi connectivity index (χ0n) is 10.4. The van der Waals surface area contributed by atoms with Crippen molar-refractivity contribution >= 4 is 5.91 Å². The quantitative estimate of drug-likeness (QED) is 0.729. The number of nitrogens with two attached hydrogens (primary N) is 1. The van der Waals surface area contributed by atoms with Crippen LogP contribution in [-0.4, -0.2) is 41.7 Å². The molecule has 1 aliphatic heterocycles. The fourth-order valence-corrected chi connectivity index (χ4v) is 2.09. The predicted molar refractivity (Wildman–Crippen MR) is 63.9 cm³/mol. The molecule has 94 valence electrons. The van der Waals surface area contributed by atoms with Crippen molar-refractivity contribution in [2.45, 2.75) is 45.6 Å². The summed E-state index contributed by atoms with van der Waals surface area (Å²) >= 11 is 0. The Morgan fingerprint density at radius 3 is 2.69 bits per heavy atom. The van der Waals surface area contributed by atoms with Gasteiger partial charge in [-0.05, 0) is 31.2 Å². The van der Waals surface area contributed by atoms with Gasteiger partial charge in [-0.15, -0.1) is 0 Å². The normalized spacial score (nSPS) is 21.5. The van der Waals surface area contributed by atoms with E-state index in [4.69, 9.17) is 5.73 Å². The van der Waals surface area contributed by atoms with E-state index in [1.807, 2.05) is 0 Å². The van der Waals surface area contributed by atoms with Crippen LogP contribution >= 0.6 is 0 Å². The highest BCUT2D eigenvalue weighted by Gasteiger charge is 2.26. The van der Waals surface area contributed by atoms with Gasteiger partial charge in [0, 0.05) is 19.5 Å². The first-order valence-electron chi connectivity index (χ1n) is 6.10. The Labute approximate surface area is 97.8 Å². The van der Waals surface area contributed by atoms with Gasteiger partial charge in [0.1, 0.15) is 0 Å². The van der Waals surface area contributed by atoms with Gasteiger partial charge < -0.3 is 15.7 Å². The number of β-amino-alcohol motifs (C(OH)–C–C–N with tert-alkyl or cyclic N) is 1. The van der Waals surface area contributed by atoms with Crippen molar-refractivity contribution < 1.29 is 9.90 Å². The SMILES string of the molecule is CC(C)(CCN)CCC(=O)N1CC[C@H](O)C1. The van der Waals surface area contributed by atoms with Crippen LogP contribution in [0.3, 0.4) is 0 Å². The van der Waals surface area contributed by atoms with Crippen molar-refractivity contribution in [1.29, 1.82) is 0 Å². The molecule has 0 aliphatic carbocycles. The van der Waals surface area contributed by atoms with Gasteiger partial charge in [0.25, 0.3) is 0 Å². The molecule has 0 aromatic rings. The van der Waals surface area contributed by atoms with Crippen LogP contribution in [0.2, 0.25) is 0 Å². The Kier molecular flexibility index (Phi) is 4.74. The first kappa shape index (κ1) is 13.5. The molecule has 0 spiro atoms. The molecule has 1 rings (SSSR count). The Morgan fingerprint density at radius 2 is 2.19 bits per heavy atom. The molecule has 0 aromatic carbocycles. The maximum atomic E-state index is 11.8. The number of hydrogen-bond acceptors (Lipinski definition) is 3. The Balaban J connectivity index is 2.29. The molecule has 16 heavy (non-hydrogen) atoms. The van der Waals surface area contributed by atoms with Crippen LogP contribution in [0.5, 0.6) is 0 Å². The minimum atomic E-state index is -0.319. The average Bonchev–Trinajstić information content (AvgIpc) is 2.61. The van der Waals surface area contributed by atoms with Crippen molar-refractivity contribution in [3.8, 4) is 0 Å². The van der Waals surface area contributed by atoms with Gasteiger partial charge in [0.2, 0.25) is 5.91 Å². The van der Waals surface area contributed by atoms with E-state index in [2.05, 4.69) is 13.8 Å². The van der Waals surface area contributed by atoms with E-state index < -0.39 is 0 Å². The monoisotopic (exact) mass is 228 g/mol. The van der Waals surface area contributed by atoms with Gasteiger partial charge in [-0.3, -0.25) is 4.79 Å². The Bertz CT molecular complexity index is 241. The maximum Gasteiger partial charge on any atom is 0.222 e. The number of carbonyl (C=O) groups excluding carboxylic acids is 1. The van der Waals surface area contributed by atoms with E-state index in [9.17, 15) is 9.90 Å². The molecule has 3 N–H and O–H groups in total. The summed E-state index contributed by atoms with van der Waals surface area (Å²) in [6, 6.07) is 0. The van der Waals surface area contributed by atoms with Crippen LogP contribution in [0.25, 0.3) is 0 Å². The van der Waals surface area contributed by atoms with Crippen LogP contribution in [0, 0.1) is 5.41 Å². The summed E-state index contributed by atoms with van der Waals surface area (Å²) < 4.78 is 0. The van der Waals surface area contributed by atoms with Gasteiger partial charge in [-0.25, -0.2) is 0 Å². The molecule has 1 amide bonds. The number of nitrogens with zero attached hydrogens (tertiary/aromatic N) is 1. The molecule has 1 fully saturated rings. The molecule has 0 radical (unpaired) electrons. The van der Waals surface area contributed by atoms with E-state index in [0.29, 0.717) is 26.1 Å². The molecule has 0 aromatic heterocycles. The number of hydrogen-bond donors (Lipinski definition) is 2. The van der Waals surface area contributed by atoms with Crippen molar-refractivity contribution in [2.24, 2.45) is 11.1 Å². The summed E-state index contributed by atoms with van der Waals surface area (Å²) in [6.07, 6.45) is 2.79. The lowest BCUT2D eigenvalue weighted by molar-refractivity contribution is -0.131. The van der Waals surface area contributed by atoms with Crippen LogP contribution in [-0.2, 0) is 4.79 Å². The molecule has 1 saturated heterocycles. The topological polar surface area (TPSA) is 66.6 Å². The second-order valence-electron chi connectivity index (χ2n) is 5.49. The summed E-state index contributed by atoms with van der Waals surface area (Å²) in [4.78, 5) is 13.6. The zero-order valence-corrected chi connectivity index (χ0v) is 10.4. The lowest BCUT2D eigenvalue weighted by Gasteiger charge is -2.25. The smallest absolute Gasteiger partial charge is 0.222 e.